The number of benzene rings is 1. The van der Waals surface area contributed by atoms with Crippen LogP contribution in [0.1, 0.15) is 5.56 Å². The van der Waals surface area contributed by atoms with Crippen LogP contribution in [-0.4, -0.2) is 23.8 Å². The van der Waals surface area contributed by atoms with E-state index in [9.17, 15) is 0 Å². The molecule has 70 valence electrons. The Morgan fingerprint density at radius 2 is 2.08 bits per heavy atom. The Hall–Kier alpha value is -1.48. The molecule has 1 rings (SSSR count). The van der Waals surface area contributed by atoms with Crippen LogP contribution in [0.25, 0.3) is 6.08 Å². The fourth-order valence-corrected chi connectivity index (χ4v) is 0.957. The molecule has 0 bridgehead atoms. The van der Waals surface area contributed by atoms with Gasteiger partial charge in [-0.1, -0.05) is 18.2 Å². The van der Waals surface area contributed by atoms with Crippen LogP contribution < -0.4 is 5.32 Å². The van der Waals surface area contributed by atoms with Gasteiger partial charge < -0.3 is 15.5 Å². The standard InChI is InChI=1S/C10H13NO2/c1-11-6-2-3-8-4-5-9(12)10(13)7-8/h2-5,7,11-13H,6H2,1H3. The highest BCUT2D eigenvalue weighted by Crippen LogP contribution is 2.25. The quantitative estimate of drug-likeness (QED) is 0.613. The molecule has 0 aliphatic rings. The minimum absolute atomic E-state index is 0.0911. The van der Waals surface area contributed by atoms with Gasteiger partial charge >= 0.3 is 0 Å². The van der Waals surface area contributed by atoms with E-state index in [1.807, 2.05) is 19.2 Å². The van der Waals surface area contributed by atoms with Crippen LogP contribution >= 0.6 is 0 Å². The molecule has 0 fully saturated rings. The van der Waals surface area contributed by atoms with Crippen LogP contribution in [0.3, 0.4) is 0 Å². The molecular weight excluding hydrogens is 166 g/mol. The van der Waals surface area contributed by atoms with Gasteiger partial charge in [0.15, 0.2) is 11.5 Å². The predicted octanol–water partition coefficient (Wildman–Crippen LogP) is 1.33. The van der Waals surface area contributed by atoms with Crippen LogP contribution in [0.2, 0.25) is 0 Å². The van der Waals surface area contributed by atoms with Crippen molar-refractivity contribution < 1.29 is 10.2 Å². The van der Waals surface area contributed by atoms with Crippen LogP contribution in [0.4, 0.5) is 0 Å². The van der Waals surface area contributed by atoms with E-state index in [1.54, 1.807) is 6.07 Å². The first kappa shape index (κ1) is 9.61. The van der Waals surface area contributed by atoms with Crippen molar-refractivity contribution in [3.05, 3.63) is 29.8 Å². The highest BCUT2D eigenvalue weighted by atomic mass is 16.3. The third-order valence-electron chi connectivity index (χ3n) is 1.63. The smallest absolute Gasteiger partial charge is 0.157 e. The first-order valence-electron chi connectivity index (χ1n) is 4.07. The molecule has 0 aliphatic heterocycles. The molecule has 0 saturated carbocycles. The summed E-state index contributed by atoms with van der Waals surface area (Å²) in [4.78, 5) is 0. The predicted molar refractivity (Wildman–Crippen MR) is 52.7 cm³/mol. The Morgan fingerprint density at radius 1 is 1.31 bits per heavy atom. The van der Waals surface area contributed by atoms with E-state index in [0.29, 0.717) is 0 Å². The first-order chi connectivity index (χ1) is 6.24. The van der Waals surface area contributed by atoms with Crippen molar-refractivity contribution in [3.8, 4) is 11.5 Å². The third-order valence-corrected chi connectivity index (χ3v) is 1.63. The SMILES string of the molecule is CNCC=Cc1ccc(O)c(O)c1. The molecular formula is C10H13NO2. The number of aromatic hydroxyl groups is 2. The molecule has 1 aromatic carbocycles. The second kappa shape index (κ2) is 4.52. The summed E-state index contributed by atoms with van der Waals surface area (Å²) in [5, 5.41) is 21.2. The minimum atomic E-state index is -0.0919. The fourth-order valence-electron chi connectivity index (χ4n) is 0.957. The van der Waals surface area contributed by atoms with Crippen LogP contribution in [0.5, 0.6) is 11.5 Å². The van der Waals surface area contributed by atoms with Crippen molar-refractivity contribution >= 4 is 6.08 Å². The zero-order valence-electron chi connectivity index (χ0n) is 7.49. The minimum Gasteiger partial charge on any atom is -0.504 e. The lowest BCUT2D eigenvalue weighted by Crippen LogP contribution is -2.03. The van der Waals surface area contributed by atoms with Crippen molar-refractivity contribution in [2.75, 3.05) is 13.6 Å². The summed E-state index contributed by atoms with van der Waals surface area (Å²) >= 11 is 0. The van der Waals surface area contributed by atoms with E-state index in [1.165, 1.54) is 12.1 Å². The van der Waals surface area contributed by atoms with Crippen LogP contribution in [-0.2, 0) is 0 Å². The van der Waals surface area contributed by atoms with Crippen LogP contribution in [0, 0.1) is 0 Å². The maximum atomic E-state index is 9.16. The van der Waals surface area contributed by atoms with E-state index in [4.69, 9.17) is 10.2 Å². The molecule has 0 aliphatic carbocycles. The highest BCUT2D eigenvalue weighted by Gasteiger charge is 1.96. The number of phenolic OH excluding ortho intramolecular Hbond substituents is 2. The van der Waals surface area contributed by atoms with Gasteiger partial charge in [0.25, 0.3) is 0 Å². The van der Waals surface area contributed by atoms with Gasteiger partial charge in [0.2, 0.25) is 0 Å². The summed E-state index contributed by atoms with van der Waals surface area (Å²) in [7, 11) is 1.86. The number of phenols is 2. The zero-order chi connectivity index (χ0) is 9.68. The molecule has 0 heterocycles. The van der Waals surface area contributed by atoms with E-state index < -0.39 is 0 Å². The monoisotopic (exact) mass is 179 g/mol. The van der Waals surface area contributed by atoms with Crippen molar-refractivity contribution in [1.29, 1.82) is 0 Å². The van der Waals surface area contributed by atoms with Crippen molar-refractivity contribution in [2.24, 2.45) is 0 Å². The molecule has 0 radical (unpaired) electrons. The summed E-state index contributed by atoms with van der Waals surface area (Å²) in [6, 6.07) is 4.72. The Kier molecular flexibility index (Phi) is 3.34. The van der Waals surface area contributed by atoms with Crippen molar-refractivity contribution in [1.82, 2.24) is 5.32 Å². The Bertz CT molecular complexity index is 308. The molecule has 3 N–H and O–H groups in total. The van der Waals surface area contributed by atoms with Gasteiger partial charge in [0.1, 0.15) is 0 Å². The van der Waals surface area contributed by atoms with E-state index in [2.05, 4.69) is 5.32 Å². The van der Waals surface area contributed by atoms with Gasteiger partial charge in [-0.05, 0) is 24.7 Å². The number of hydrogen-bond acceptors (Lipinski definition) is 3. The largest absolute Gasteiger partial charge is 0.504 e. The Balaban J connectivity index is 2.73. The lowest BCUT2D eigenvalue weighted by Gasteiger charge is -1.98. The van der Waals surface area contributed by atoms with Gasteiger partial charge in [-0.25, -0.2) is 0 Å². The van der Waals surface area contributed by atoms with Crippen LogP contribution in [0.15, 0.2) is 24.3 Å². The van der Waals surface area contributed by atoms with Crippen molar-refractivity contribution in [3.63, 3.8) is 0 Å². The number of rotatable bonds is 3. The van der Waals surface area contributed by atoms with Gasteiger partial charge in [-0.15, -0.1) is 0 Å². The summed E-state index contributed by atoms with van der Waals surface area (Å²) in [5.41, 5.74) is 0.866. The summed E-state index contributed by atoms with van der Waals surface area (Å²) in [6.45, 7) is 0.779. The topological polar surface area (TPSA) is 52.5 Å². The third kappa shape index (κ3) is 2.80. The molecule has 0 atom stereocenters. The Morgan fingerprint density at radius 3 is 2.69 bits per heavy atom. The Labute approximate surface area is 77.3 Å². The lowest BCUT2D eigenvalue weighted by atomic mass is 10.2. The van der Waals surface area contributed by atoms with E-state index in [-0.39, 0.29) is 11.5 Å². The van der Waals surface area contributed by atoms with E-state index in [0.717, 1.165) is 12.1 Å². The van der Waals surface area contributed by atoms with Gasteiger partial charge in [0, 0.05) is 6.54 Å². The van der Waals surface area contributed by atoms with Crippen molar-refractivity contribution in [2.45, 2.75) is 0 Å². The maximum Gasteiger partial charge on any atom is 0.157 e. The number of hydrogen-bond donors (Lipinski definition) is 3. The molecule has 0 unspecified atom stereocenters. The van der Waals surface area contributed by atoms with Gasteiger partial charge in [-0.2, -0.15) is 0 Å². The summed E-state index contributed by atoms with van der Waals surface area (Å²) < 4.78 is 0. The van der Waals surface area contributed by atoms with E-state index >= 15 is 0 Å². The molecule has 1 aromatic rings. The van der Waals surface area contributed by atoms with Gasteiger partial charge in [0.05, 0.1) is 0 Å². The molecule has 0 spiro atoms. The molecule has 13 heavy (non-hydrogen) atoms. The average Bonchev–Trinajstić information content (AvgIpc) is 2.12. The summed E-state index contributed by atoms with van der Waals surface area (Å²) in [5.74, 6) is -0.183. The fraction of sp³-hybridized carbons (Fsp3) is 0.200. The number of nitrogens with one attached hydrogen (secondary N) is 1. The normalized spacial score (nSPS) is 10.8. The summed E-state index contributed by atoms with van der Waals surface area (Å²) in [6.07, 6.45) is 3.81. The average molecular weight is 179 g/mol. The molecule has 0 saturated heterocycles. The second-order valence-corrected chi connectivity index (χ2v) is 2.71. The molecule has 3 nitrogen and oxygen atoms in total. The molecule has 0 amide bonds. The maximum absolute atomic E-state index is 9.16. The second-order valence-electron chi connectivity index (χ2n) is 2.71. The lowest BCUT2D eigenvalue weighted by molar-refractivity contribution is 0.403. The van der Waals surface area contributed by atoms with Gasteiger partial charge in [-0.3, -0.25) is 0 Å². The molecule has 0 aromatic heterocycles. The molecule has 3 heteroatoms. The number of likely N-dealkylation sites (N-methyl/N-ethyl adjacent to an activating group) is 1. The zero-order valence-corrected chi connectivity index (χ0v) is 7.49. The first-order valence-corrected chi connectivity index (χ1v) is 4.07. The highest BCUT2D eigenvalue weighted by molar-refractivity contribution is 5.55.